The number of nitrogens with one attached hydrogen (secondary N) is 1. The molecular weight excluding hydrogens is 342 g/mol. The van der Waals surface area contributed by atoms with Crippen LogP contribution in [0.3, 0.4) is 0 Å². The van der Waals surface area contributed by atoms with Gasteiger partial charge in [0.1, 0.15) is 27.7 Å². The van der Waals surface area contributed by atoms with Crippen molar-refractivity contribution in [3.63, 3.8) is 0 Å². The maximum absolute atomic E-state index is 12.5. The van der Waals surface area contributed by atoms with Gasteiger partial charge < -0.3 is 13.4 Å². The molecule has 0 atom stereocenters. The van der Waals surface area contributed by atoms with Gasteiger partial charge in [0.2, 0.25) is 0 Å². The van der Waals surface area contributed by atoms with Crippen molar-refractivity contribution in [2.45, 2.75) is 13.8 Å². The van der Waals surface area contributed by atoms with Gasteiger partial charge in [-0.3, -0.25) is 10.1 Å². The van der Waals surface area contributed by atoms with E-state index >= 15 is 0 Å². The van der Waals surface area contributed by atoms with Crippen molar-refractivity contribution in [2.24, 2.45) is 0 Å². The molecule has 4 aromatic rings. The number of nitrogens with zero attached hydrogens (tertiary/aromatic N) is 2. The first kappa shape index (κ1) is 15.4. The summed E-state index contributed by atoms with van der Waals surface area (Å²) in [7, 11) is 0. The monoisotopic (exact) mass is 355 g/mol. The lowest BCUT2D eigenvalue weighted by atomic mass is 10.2. The normalized spacial score (nSPS) is 11.0. The van der Waals surface area contributed by atoms with Crippen molar-refractivity contribution < 1.29 is 18.2 Å². The number of hydrogen-bond donors (Lipinski definition) is 1. The lowest BCUT2D eigenvalue weighted by Crippen LogP contribution is -2.13. The van der Waals surface area contributed by atoms with E-state index in [1.54, 1.807) is 44.6 Å². The van der Waals surface area contributed by atoms with Gasteiger partial charge in [-0.05, 0) is 38.1 Å². The molecule has 0 fully saturated rings. The van der Waals surface area contributed by atoms with Gasteiger partial charge in [0.25, 0.3) is 5.91 Å². The molecule has 0 saturated carbocycles. The smallest absolute Gasteiger partial charge is 0.262 e. The lowest BCUT2D eigenvalue weighted by Gasteiger charge is -1.99. The van der Waals surface area contributed by atoms with Crippen LogP contribution in [0, 0.1) is 13.8 Å². The van der Waals surface area contributed by atoms with Crippen molar-refractivity contribution in [2.75, 3.05) is 5.32 Å². The van der Waals surface area contributed by atoms with Crippen LogP contribution in [0.15, 0.2) is 50.1 Å². The molecule has 25 heavy (non-hydrogen) atoms. The van der Waals surface area contributed by atoms with Crippen LogP contribution in [0.2, 0.25) is 0 Å². The first-order chi connectivity index (χ1) is 12.1. The van der Waals surface area contributed by atoms with Crippen LogP contribution in [0.25, 0.3) is 22.1 Å². The summed E-state index contributed by atoms with van der Waals surface area (Å²) in [4.78, 5) is 17.8. The number of rotatable bonds is 4. The Labute approximate surface area is 146 Å². The third-order valence-corrected chi connectivity index (χ3v) is 4.59. The summed E-state index contributed by atoms with van der Waals surface area (Å²) < 4.78 is 16.0. The number of anilines is 1. The molecule has 0 aliphatic rings. The zero-order valence-corrected chi connectivity index (χ0v) is 14.2. The Hall–Kier alpha value is -3.13. The molecule has 0 aliphatic carbocycles. The second-order valence-corrected chi connectivity index (χ2v) is 6.30. The van der Waals surface area contributed by atoms with Crippen molar-refractivity contribution in [1.29, 1.82) is 0 Å². The number of aromatic nitrogens is 2. The fourth-order valence-corrected chi connectivity index (χ4v) is 3.43. The van der Waals surface area contributed by atoms with E-state index in [0.29, 0.717) is 39.4 Å². The molecule has 0 spiro atoms. The van der Waals surface area contributed by atoms with Crippen molar-refractivity contribution in [1.82, 2.24) is 10.1 Å². The highest BCUT2D eigenvalue weighted by atomic mass is 32.1. The standard InChI is InChI=1S/C17H13N3O4S/c1-9-13(10(2)24-20-9)16(21)19-17-18-14(11-5-3-7-22-11)15(25-17)12-6-4-8-23-12/h3-8H,1-2H3,(H,18,19,21). The molecule has 1 N–H and O–H groups in total. The van der Waals surface area contributed by atoms with Gasteiger partial charge in [-0.25, -0.2) is 4.98 Å². The molecule has 0 radical (unpaired) electrons. The van der Waals surface area contributed by atoms with Crippen molar-refractivity contribution >= 4 is 22.4 Å². The minimum Gasteiger partial charge on any atom is -0.463 e. The van der Waals surface area contributed by atoms with E-state index in [2.05, 4.69) is 15.5 Å². The number of hydrogen-bond acceptors (Lipinski definition) is 7. The van der Waals surface area contributed by atoms with Gasteiger partial charge in [-0.1, -0.05) is 16.5 Å². The topological polar surface area (TPSA) is 94.3 Å². The fourth-order valence-electron chi connectivity index (χ4n) is 2.50. The number of furan rings is 2. The molecule has 1 amide bonds. The van der Waals surface area contributed by atoms with Gasteiger partial charge in [-0.2, -0.15) is 0 Å². The van der Waals surface area contributed by atoms with Gasteiger partial charge in [-0.15, -0.1) is 0 Å². The number of aryl methyl sites for hydroxylation is 2. The van der Waals surface area contributed by atoms with Crippen LogP contribution in [-0.4, -0.2) is 16.0 Å². The highest BCUT2D eigenvalue weighted by Crippen LogP contribution is 2.39. The average Bonchev–Trinajstić information content (AvgIpc) is 3.34. The van der Waals surface area contributed by atoms with Gasteiger partial charge >= 0.3 is 0 Å². The summed E-state index contributed by atoms with van der Waals surface area (Å²) in [6.07, 6.45) is 3.16. The Morgan fingerprint density at radius 2 is 1.84 bits per heavy atom. The Bertz CT molecular complexity index is 942. The molecule has 8 heteroatoms. The molecule has 4 rings (SSSR count). The van der Waals surface area contributed by atoms with E-state index in [0.717, 1.165) is 4.88 Å². The Kier molecular flexibility index (Phi) is 3.73. The van der Waals surface area contributed by atoms with E-state index in [-0.39, 0.29) is 5.91 Å². The third kappa shape index (κ3) is 2.76. The van der Waals surface area contributed by atoms with Gasteiger partial charge in [0.05, 0.1) is 18.2 Å². The minimum atomic E-state index is -0.318. The van der Waals surface area contributed by atoms with E-state index in [1.165, 1.54) is 11.3 Å². The Morgan fingerprint density at radius 3 is 2.44 bits per heavy atom. The van der Waals surface area contributed by atoms with Crippen molar-refractivity contribution in [3.05, 3.63) is 53.8 Å². The molecule has 0 bridgehead atoms. The van der Waals surface area contributed by atoms with E-state index in [1.807, 2.05) is 6.07 Å². The van der Waals surface area contributed by atoms with Crippen LogP contribution in [0.1, 0.15) is 21.8 Å². The maximum atomic E-state index is 12.5. The summed E-state index contributed by atoms with van der Waals surface area (Å²) >= 11 is 1.30. The largest absolute Gasteiger partial charge is 0.463 e. The maximum Gasteiger partial charge on any atom is 0.262 e. The van der Waals surface area contributed by atoms with Crippen LogP contribution in [0.4, 0.5) is 5.13 Å². The molecule has 126 valence electrons. The summed E-state index contributed by atoms with van der Waals surface area (Å²) in [6, 6.07) is 7.22. The van der Waals surface area contributed by atoms with E-state index in [9.17, 15) is 4.79 Å². The molecule has 0 aromatic carbocycles. The summed E-state index contributed by atoms with van der Waals surface area (Å²) in [5.74, 6) is 1.40. The third-order valence-electron chi connectivity index (χ3n) is 3.61. The van der Waals surface area contributed by atoms with Gasteiger partial charge in [0, 0.05) is 0 Å². The van der Waals surface area contributed by atoms with Crippen LogP contribution >= 0.6 is 11.3 Å². The predicted molar refractivity (Wildman–Crippen MR) is 91.4 cm³/mol. The number of amides is 1. The van der Waals surface area contributed by atoms with Gasteiger partial charge in [0.15, 0.2) is 10.9 Å². The molecule has 4 aromatic heterocycles. The SMILES string of the molecule is Cc1noc(C)c1C(=O)Nc1nc(-c2ccco2)c(-c2ccco2)s1. The van der Waals surface area contributed by atoms with E-state index in [4.69, 9.17) is 13.4 Å². The summed E-state index contributed by atoms with van der Waals surface area (Å²) in [5, 5.41) is 7.03. The highest BCUT2D eigenvalue weighted by Gasteiger charge is 2.22. The number of carbonyl (C=O) groups excluding carboxylic acids is 1. The minimum absolute atomic E-state index is 0.318. The van der Waals surface area contributed by atoms with E-state index < -0.39 is 0 Å². The first-order valence-corrected chi connectivity index (χ1v) is 8.28. The summed E-state index contributed by atoms with van der Waals surface area (Å²) in [5.41, 5.74) is 1.55. The van der Waals surface area contributed by atoms with Crippen LogP contribution in [-0.2, 0) is 0 Å². The second kappa shape index (κ2) is 6.06. The predicted octanol–water partition coefficient (Wildman–Crippen LogP) is 4.52. The second-order valence-electron chi connectivity index (χ2n) is 5.30. The van der Waals surface area contributed by atoms with Crippen molar-refractivity contribution in [3.8, 4) is 22.1 Å². The molecule has 4 heterocycles. The molecule has 0 aliphatic heterocycles. The molecule has 0 unspecified atom stereocenters. The van der Waals surface area contributed by atoms with Crippen LogP contribution < -0.4 is 5.32 Å². The fraction of sp³-hybridized carbons (Fsp3) is 0.118. The Balaban J connectivity index is 1.72. The first-order valence-electron chi connectivity index (χ1n) is 7.46. The molecule has 7 nitrogen and oxygen atoms in total. The quantitative estimate of drug-likeness (QED) is 0.578. The lowest BCUT2D eigenvalue weighted by molar-refractivity contribution is 0.102. The average molecular weight is 355 g/mol. The zero-order chi connectivity index (χ0) is 17.4. The van der Waals surface area contributed by atoms with Crippen LogP contribution in [0.5, 0.6) is 0 Å². The number of carbonyl (C=O) groups is 1. The molecular formula is C17H13N3O4S. The highest BCUT2D eigenvalue weighted by molar-refractivity contribution is 7.19. The Morgan fingerprint density at radius 1 is 1.12 bits per heavy atom. The molecule has 0 saturated heterocycles. The number of thiazole rings is 1. The zero-order valence-electron chi connectivity index (χ0n) is 13.4. The summed E-state index contributed by atoms with van der Waals surface area (Å²) in [6.45, 7) is 3.41.